The van der Waals surface area contributed by atoms with Crippen molar-refractivity contribution in [2.75, 3.05) is 11.9 Å². The highest BCUT2D eigenvalue weighted by molar-refractivity contribution is 5.91. The van der Waals surface area contributed by atoms with Crippen molar-refractivity contribution < 1.29 is 9.53 Å². The van der Waals surface area contributed by atoms with Crippen molar-refractivity contribution in [2.45, 2.75) is 6.92 Å². The summed E-state index contributed by atoms with van der Waals surface area (Å²) in [7, 11) is 0. The van der Waals surface area contributed by atoms with Crippen molar-refractivity contribution >= 4 is 11.6 Å². The minimum atomic E-state index is -0.272. The molecule has 0 spiro atoms. The molecule has 0 radical (unpaired) electrons. The monoisotopic (exact) mass is 309 g/mol. The number of H-pyrrole nitrogens is 1. The summed E-state index contributed by atoms with van der Waals surface area (Å²) in [5.74, 6) is 0.285. The predicted molar refractivity (Wildman–Crippen MR) is 84.9 cm³/mol. The Morgan fingerprint density at radius 2 is 2.09 bits per heavy atom. The molecule has 0 fully saturated rings. The van der Waals surface area contributed by atoms with Gasteiger partial charge in [-0.2, -0.15) is 4.98 Å². The van der Waals surface area contributed by atoms with Crippen LogP contribution in [-0.4, -0.2) is 32.7 Å². The number of aromatic nitrogens is 4. The molecule has 23 heavy (non-hydrogen) atoms. The number of pyridine rings is 1. The molecular weight excluding hydrogens is 294 g/mol. The first-order chi connectivity index (χ1) is 11.2. The van der Waals surface area contributed by atoms with Crippen molar-refractivity contribution in [1.82, 2.24) is 20.2 Å². The van der Waals surface area contributed by atoms with E-state index < -0.39 is 0 Å². The minimum Gasteiger partial charge on any atom is -0.452 e. The number of hydrogen-bond donors (Lipinski definition) is 2. The summed E-state index contributed by atoms with van der Waals surface area (Å²) in [5, 5.41) is 9.44. The van der Waals surface area contributed by atoms with Crippen LogP contribution in [-0.2, 0) is 4.79 Å². The van der Waals surface area contributed by atoms with Crippen LogP contribution < -0.4 is 10.1 Å². The van der Waals surface area contributed by atoms with E-state index in [9.17, 15) is 4.79 Å². The Balaban J connectivity index is 1.56. The first-order valence-electron chi connectivity index (χ1n) is 7.03. The number of carbonyl (C=O) groups is 1. The van der Waals surface area contributed by atoms with Crippen LogP contribution in [0.4, 0.5) is 5.69 Å². The lowest BCUT2D eigenvalue weighted by molar-refractivity contribution is -0.118. The van der Waals surface area contributed by atoms with Gasteiger partial charge in [0.25, 0.3) is 5.91 Å². The van der Waals surface area contributed by atoms with Gasteiger partial charge in [-0.25, -0.2) is 0 Å². The third kappa shape index (κ3) is 3.91. The number of aromatic amines is 1. The molecular formula is C16H15N5O2. The maximum Gasteiger partial charge on any atom is 0.336 e. The molecule has 0 aliphatic carbocycles. The molecule has 7 heteroatoms. The Morgan fingerprint density at radius 3 is 2.87 bits per heavy atom. The fourth-order valence-corrected chi connectivity index (χ4v) is 2.00. The van der Waals surface area contributed by atoms with E-state index in [4.69, 9.17) is 4.74 Å². The van der Waals surface area contributed by atoms with E-state index in [-0.39, 0.29) is 18.5 Å². The number of nitrogens with zero attached hydrogens (tertiary/aromatic N) is 3. The SMILES string of the molecule is Cc1cccc(NC(=O)COc2n[nH]c(-c3ccncc3)n2)c1. The van der Waals surface area contributed by atoms with Crippen LogP contribution in [0.5, 0.6) is 6.01 Å². The fraction of sp³-hybridized carbons (Fsp3) is 0.125. The van der Waals surface area contributed by atoms with Gasteiger partial charge in [-0.05, 0) is 36.8 Å². The summed E-state index contributed by atoms with van der Waals surface area (Å²) >= 11 is 0. The van der Waals surface area contributed by atoms with Gasteiger partial charge in [0.05, 0.1) is 0 Å². The Labute approximate surface area is 132 Å². The van der Waals surface area contributed by atoms with Crippen LogP contribution in [0.25, 0.3) is 11.4 Å². The molecule has 0 saturated heterocycles. The van der Waals surface area contributed by atoms with E-state index in [2.05, 4.69) is 25.5 Å². The number of ether oxygens (including phenoxy) is 1. The number of amides is 1. The second-order valence-electron chi connectivity index (χ2n) is 4.91. The van der Waals surface area contributed by atoms with Crippen molar-refractivity contribution in [2.24, 2.45) is 0 Å². The van der Waals surface area contributed by atoms with Crippen LogP contribution in [0.2, 0.25) is 0 Å². The summed E-state index contributed by atoms with van der Waals surface area (Å²) in [4.78, 5) is 20.0. The highest BCUT2D eigenvalue weighted by Gasteiger charge is 2.09. The highest BCUT2D eigenvalue weighted by Crippen LogP contribution is 2.15. The number of nitrogens with one attached hydrogen (secondary N) is 2. The van der Waals surface area contributed by atoms with Crippen LogP contribution in [0.3, 0.4) is 0 Å². The van der Waals surface area contributed by atoms with Crippen molar-refractivity contribution in [1.29, 1.82) is 0 Å². The second kappa shape index (κ2) is 6.69. The number of benzene rings is 1. The van der Waals surface area contributed by atoms with Crippen molar-refractivity contribution in [3.63, 3.8) is 0 Å². The Bertz CT molecular complexity index is 801. The molecule has 0 aliphatic heterocycles. The first kappa shape index (κ1) is 14.7. The molecule has 1 aromatic carbocycles. The van der Waals surface area contributed by atoms with Crippen LogP contribution >= 0.6 is 0 Å². The summed E-state index contributed by atoms with van der Waals surface area (Å²) in [6.45, 7) is 1.79. The molecule has 0 unspecified atom stereocenters. The third-order valence-electron chi connectivity index (χ3n) is 3.05. The van der Waals surface area contributed by atoms with Gasteiger partial charge in [-0.3, -0.25) is 14.9 Å². The molecule has 2 aromatic heterocycles. The quantitative estimate of drug-likeness (QED) is 0.753. The van der Waals surface area contributed by atoms with E-state index in [1.54, 1.807) is 24.5 Å². The van der Waals surface area contributed by atoms with Gasteiger partial charge in [0.2, 0.25) is 0 Å². The van der Waals surface area contributed by atoms with Gasteiger partial charge in [-0.1, -0.05) is 12.1 Å². The van der Waals surface area contributed by atoms with Gasteiger partial charge in [0.1, 0.15) is 0 Å². The van der Waals surface area contributed by atoms with Gasteiger partial charge in [0, 0.05) is 23.6 Å². The Morgan fingerprint density at radius 1 is 1.26 bits per heavy atom. The lowest BCUT2D eigenvalue weighted by Crippen LogP contribution is -2.20. The lowest BCUT2D eigenvalue weighted by atomic mass is 10.2. The zero-order valence-electron chi connectivity index (χ0n) is 12.5. The van der Waals surface area contributed by atoms with Crippen LogP contribution in [0, 0.1) is 6.92 Å². The highest BCUT2D eigenvalue weighted by atomic mass is 16.5. The number of hydrogen-bond acceptors (Lipinski definition) is 5. The number of aryl methyl sites for hydroxylation is 1. The summed E-state index contributed by atoms with van der Waals surface area (Å²) in [6, 6.07) is 11.3. The van der Waals surface area contributed by atoms with E-state index >= 15 is 0 Å². The van der Waals surface area contributed by atoms with Gasteiger partial charge < -0.3 is 10.1 Å². The fourth-order valence-electron chi connectivity index (χ4n) is 2.00. The standard InChI is InChI=1S/C16H15N5O2/c1-11-3-2-4-13(9-11)18-14(22)10-23-16-19-15(20-21-16)12-5-7-17-8-6-12/h2-9H,10H2,1H3,(H,18,22)(H,19,20,21). The topological polar surface area (TPSA) is 92.8 Å². The summed E-state index contributed by atoms with van der Waals surface area (Å²) in [6.07, 6.45) is 3.32. The first-order valence-corrected chi connectivity index (χ1v) is 7.03. The maximum atomic E-state index is 11.9. The maximum absolute atomic E-state index is 11.9. The molecule has 0 bridgehead atoms. The molecule has 0 atom stereocenters. The average Bonchev–Trinajstić information content (AvgIpc) is 3.03. The summed E-state index contributed by atoms with van der Waals surface area (Å²) in [5.41, 5.74) is 2.64. The number of carbonyl (C=O) groups excluding carboxylic acids is 1. The van der Waals surface area contributed by atoms with Crippen LogP contribution in [0.1, 0.15) is 5.56 Å². The van der Waals surface area contributed by atoms with Gasteiger partial charge in [-0.15, -0.1) is 5.10 Å². The van der Waals surface area contributed by atoms with E-state index in [0.29, 0.717) is 5.82 Å². The lowest BCUT2D eigenvalue weighted by Gasteiger charge is -2.05. The molecule has 0 saturated carbocycles. The average molecular weight is 309 g/mol. The molecule has 3 rings (SSSR count). The Hall–Kier alpha value is -3.22. The van der Waals surface area contributed by atoms with Crippen molar-refractivity contribution in [3.05, 3.63) is 54.4 Å². The molecule has 116 valence electrons. The predicted octanol–water partition coefficient (Wildman–Crippen LogP) is 2.19. The molecule has 1 amide bonds. The third-order valence-corrected chi connectivity index (χ3v) is 3.05. The molecule has 3 aromatic rings. The zero-order chi connectivity index (χ0) is 16.1. The second-order valence-corrected chi connectivity index (χ2v) is 4.91. The zero-order valence-corrected chi connectivity index (χ0v) is 12.5. The number of anilines is 1. The number of rotatable bonds is 5. The molecule has 2 N–H and O–H groups in total. The van der Waals surface area contributed by atoms with E-state index in [1.165, 1.54) is 0 Å². The van der Waals surface area contributed by atoms with Gasteiger partial charge >= 0.3 is 6.01 Å². The summed E-state index contributed by atoms with van der Waals surface area (Å²) < 4.78 is 5.29. The molecule has 2 heterocycles. The minimum absolute atomic E-state index is 0.121. The largest absolute Gasteiger partial charge is 0.452 e. The van der Waals surface area contributed by atoms with E-state index in [1.807, 2.05) is 31.2 Å². The van der Waals surface area contributed by atoms with Gasteiger partial charge in [0.15, 0.2) is 12.4 Å². The smallest absolute Gasteiger partial charge is 0.336 e. The Kier molecular flexibility index (Phi) is 4.28. The van der Waals surface area contributed by atoms with Crippen LogP contribution in [0.15, 0.2) is 48.8 Å². The van der Waals surface area contributed by atoms with Crippen molar-refractivity contribution in [3.8, 4) is 17.4 Å². The molecule has 7 nitrogen and oxygen atoms in total. The normalized spacial score (nSPS) is 10.3. The van der Waals surface area contributed by atoms with E-state index in [0.717, 1.165) is 16.8 Å². The molecule has 0 aliphatic rings.